The molecule has 0 atom stereocenters. The molecule has 1 aliphatic rings. The summed E-state index contributed by atoms with van der Waals surface area (Å²) in [7, 11) is 0. The lowest BCUT2D eigenvalue weighted by Gasteiger charge is -2.31. The van der Waals surface area contributed by atoms with E-state index in [2.05, 4.69) is 13.8 Å². The summed E-state index contributed by atoms with van der Waals surface area (Å²) >= 11 is 0. The van der Waals surface area contributed by atoms with Gasteiger partial charge in [0, 0.05) is 29.5 Å². The van der Waals surface area contributed by atoms with E-state index in [-0.39, 0.29) is 5.91 Å². The molecule has 1 fully saturated rings. The van der Waals surface area contributed by atoms with Gasteiger partial charge in [0.2, 0.25) is 0 Å². The van der Waals surface area contributed by atoms with Crippen LogP contribution in [0, 0.1) is 5.92 Å². The molecule has 1 aliphatic carbocycles. The molecule has 4 N–H and O–H groups in total. The predicted octanol–water partition coefficient (Wildman–Crippen LogP) is 2.89. The van der Waals surface area contributed by atoms with Crippen LogP contribution in [0.2, 0.25) is 0 Å². The first-order valence-corrected chi connectivity index (χ1v) is 7.44. The number of nitrogens with two attached hydrogens (primary N) is 2. The molecule has 0 heterocycles. The number of rotatable bonds is 4. The molecule has 20 heavy (non-hydrogen) atoms. The first kappa shape index (κ1) is 14.7. The topological polar surface area (TPSA) is 72.3 Å². The smallest absolute Gasteiger partial charge is 0.254 e. The molecule has 0 unspecified atom stereocenters. The fourth-order valence-corrected chi connectivity index (χ4v) is 2.97. The van der Waals surface area contributed by atoms with Gasteiger partial charge in [0.05, 0.1) is 0 Å². The molecule has 0 aliphatic heterocycles. The maximum Gasteiger partial charge on any atom is 0.254 e. The summed E-state index contributed by atoms with van der Waals surface area (Å²) in [4.78, 5) is 14.8. The van der Waals surface area contributed by atoms with Crippen LogP contribution in [0.1, 0.15) is 49.9 Å². The van der Waals surface area contributed by atoms with E-state index in [1.54, 1.807) is 18.2 Å². The van der Waals surface area contributed by atoms with E-state index in [4.69, 9.17) is 11.5 Å². The van der Waals surface area contributed by atoms with Crippen molar-refractivity contribution >= 4 is 17.3 Å². The van der Waals surface area contributed by atoms with Crippen LogP contribution >= 0.6 is 0 Å². The van der Waals surface area contributed by atoms with Crippen LogP contribution < -0.4 is 11.5 Å². The molecule has 4 nitrogen and oxygen atoms in total. The standard InChI is InChI=1S/C16H25N3O/c1-11(2)10-19(15-5-3-4-6-15)16(20)12-7-13(17)9-14(18)8-12/h7-9,11,15H,3-6,10,17-18H2,1-2H3. The average Bonchev–Trinajstić information content (AvgIpc) is 2.87. The minimum Gasteiger partial charge on any atom is -0.399 e. The van der Waals surface area contributed by atoms with Crippen LogP contribution in [0.25, 0.3) is 0 Å². The van der Waals surface area contributed by atoms with Gasteiger partial charge in [-0.3, -0.25) is 4.79 Å². The Labute approximate surface area is 121 Å². The Morgan fingerprint density at radius 1 is 1.20 bits per heavy atom. The molecule has 110 valence electrons. The second kappa shape index (κ2) is 6.16. The molecule has 1 amide bonds. The normalized spacial score (nSPS) is 15.8. The minimum atomic E-state index is 0.0598. The fourth-order valence-electron chi connectivity index (χ4n) is 2.97. The van der Waals surface area contributed by atoms with Crippen LogP contribution in [0.3, 0.4) is 0 Å². The van der Waals surface area contributed by atoms with Crippen molar-refractivity contribution in [3.05, 3.63) is 23.8 Å². The highest BCUT2D eigenvalue weighted by molar-refractivity contribution is 5.96. The summed E-state index contributed by atoms with van der Waals surface area (Å²) < 4.78 is 0. The lowest BCUT2D eigenvalue weighted by atomic mass is 10.1. The van der Waals surface area contributed by atoms with Crippen molar-refractivity contribution in [3.63, 3.8) is 0 Å². The Bertz CT molecular complexity index is 458. The highest BCUT2D eigenvalue weighted by atomic mass is 16.2. The van der Waals surface area contributed by atoms with Gasteiger partial charge in [-0.05, 0) is 37.0 Å². The summed E-state index contributed by atoms with van der Waals surface area (Å²) in [5, 5.41) is 0. The summed E-state index contributed by atoms with van der Waals surface area (Å²) in [5.41, 5.74) is 13.3. The zero-order chi connectivity index (χ0) is 14.7. The van der Waals surface area contributed by atoms with E-state index in [0.717, 1.165) is 19.4 Å². The molecular weight excluding hydrogens is 250 g/mol. The van der Waals surface area contributed by atoms with Crippen molar-refractivity contribution in [2.24, 2.45) is 5.92 Å². The lowest BCUT2D eigenvalue weighted by Crippen LogP contribution is -2.41. The predicted molar refractivity (Wildman–Crippen MR) is 83.4 cm³/mol. The van der Waals surface area contributed by atoms with Crippen LogP contribution in [0.5, 0.6) is 0 Å². The Balaban J connectivity index is 2.24. The van der Waals surface area contributed by atoms with Gasteiger partial charge < -0.3 is 16.4 Å². The van der Waals surface area contributed by atoms with Gasteiger partial charge in [-0.15, -0.1) is 0 Å². The van der Waals surface area contributed by atoms with Crippen molar-refractivity contribution in [2.75, 3.05) is 18.0 Å². The monoisotopic (exact) mass is 275 g/mol. The highest BCUT2D eigenvalue weighted by Gasteiger charge is 2.28. The van der Waals surface area contributed by atoms with E-state index in [0.29, 0.717) is 28.9 Å². The van der Waals surface area contributed by atoms with Crippen LogP contribution in [0.15, 0.2) is 18.2 Å². The molecule has 4 heteroatoms. The van der Waals surface area contributed by atoms with Crippen molar-refractivity contribution in [1.82, 2.24) is 4.90 Å². The Morgan fingerprint density at radius 2 is 1.75 bits per heavy atom. The number of nitrogen functional groups attached to an aromatic ring is 2. The van der Waals surface area contributed by atoms with Gasteiger partial charge in [0.1, 0.15) is 0 Å². The molecule has 0 radical (unpaired) electrons. The first-order chi connectivity index (χ1) is 9.47. The highest BCUT2D eigenvalue weighted by Crippen LogP contribution is 2.26. The van der Waals surface area contributed by atoms with E-state index in [1.165, 1.54) is 12.8 Å². The molecule has 1 aromatic carbocycles. The summed E-state index contributed by atoms with van der Waals surface area (Å²) in [6.45, 7) is 5.07. The van der Waals surface area contributed by atoms with E-state index >= 15 is 0 Å². The molecule has 0 spiro atoms. The number of hydrogen-bond donors (Lipinski definition) is 2. The van der Waals surface area contributed by atoms with E-state index in [9.17, 15) is 4.79 Å². The van der Waals surface area contributed by atoms with Crippen molar-refractivity contribution in [1.29, 1.82) is 0 Å². The van der Waals surface area contributed by atoms with Crippen LogP contribution in [-0.4, -0.2) is 23.4 Å². The molecule has 0 saturated heterocycles. The zero-order valence-corrected chi connectivity index (χ0v) is 12.4. The SMILES string of the molecule is CC(C)CN(C(=O)c1cc(N)cc(N)c1)C1CCCC1. The Morgan fingerprint density at radius 3 is 2.25 bits per heavy atom. The number of anilines is 2. The minimum absolute atomic E-state index is 0.0598. The first-order valence-electron chi connectivity index (χ1n) is 7.44. The Hall–Kier alpha value is -1.71. The molecular formula is C16H25N3O. The maximum atomic E-state index is 12.8. The van der Waals surface area contributed by atoms with Crippen molar-refractivity contribution in [3.8, 4) is 0 Å². The largest absolute Gasteiger partial charge is 0.399 e. The van der Waals surface area contributed by atoms with Gasteiger partial charge in [0.15, 0.2) is 0 Å². The number of carbonyl (C=O) groups is 1. The molecule has 1 saturated carbocycles. The van der Waals surface area contributed by atoms with Gasteiger partial charge in [-0.2, -0.15) is 0 Å². The van der Waals surface area contributed by atoms with E-state index in [1.807, 2.05) is 4.90 Å². The molecule has 2 rings (SSSR count). The summed E-state index contributed by atoms with van der Waals surface area (Å²) in [6.07, 6.45) is 4.64. The number of hydrogen-bond acceptors (Lipinski definition) is 3. The number of amides is 1. The van der Waals surface area contributed by atoms with Gasteiger partial charge in [-0.25, -0.2) is 0 Å². The average molecular weight is 275 g/mol. The van der Waals surface area contributed by atoms with E-state index < -0.39 is 0 Å². The van der Waals surface area contributed by atoms with Gasteiger partial charge >= 0.3 is 0 Å². The van der Waals surface area contributed by atoms with Crippen molar-refractivity contribution < 1.29 is 4.79 Å². The molecule has 0 aromatic heterocycles. The number of benzene rings is 1. The summed E-state index contributed by atoms with van der Waals surface area (Å²) in [6, 6.07) is 5.49. The fraction of sp³-hybridized carbons (Fsp3) is 0.562. The second-order valence-electron chi connectivity index (χ2n) is 6.18. The lowest BCUT2D eigenvalue weighted by molar-refractivity contribution is 0.0655. The third-order valence-electron chi connectivity index (χ3n) is 3.81. The number of carbonyl (C=O) groups excluding carboxylic acids is 1. The molecule has 0 bridgehead atoms. The van der Waals surface area contributed by atoms with Crippen molar-refractivity contribution in [2.45, 2.75) is 45.6 Å². The quantitative estimate of drug-likeness (QED) is 0.830. The Kier molecular flexibility index (Phi) is 4.53. The van der Waals surface area contributed by atoms with Gasteiger partial charge in [0.25, 0.3) is 5.91 Å². The van der Waals surface area contributed by atoms with Crippen LogP contribution in [0.4, 0.5) is 11.4 Å². The third kappa shape index (κ3) is 3.44. The maximum absolute atomic E-state index is 12.8. The zero-order valence-electron chi connectivity index (χ0n) is 12.4. The second-order valence-corrected chi connectivity index (χ2v) is 6.18. The third-order valence-corrected chi connectivity index (χ3v) is 3.81. The number of nitrogens with zero attached hydrogens (tertiary/aromatic N) is 1. The van der Waals surface area contributed by atoms with Gasteiger partial charge in [-0.1, -0.05) is 26.7 Å². The summed E-state index contributed by atoms with van der Waals surface area (Å²) in [5.74, 6) is 0.516. The van der Waals surface area contributed by atoms with Crippen LogP contribution in [-0.2, 0) is 0 Å². The molecule has 1 aromatic rings.